The molecule has 2 unspecified atom stereocenters. The van der Waals surface area contributed by atoms with Crippen LogP contribution < -0.4 is 5.73 Å². The first kappa shape index (κ1) is 21.0. The van der Waals surface area contributed by atoms with E-state index in [4.69, 9.17) is 19.7 Å². The Kier molecular flexibility index (Phi) is 5.83. The molecule has 2 aliphatic rings. The smallest absolute Gasteiger partial charge is 0.167 e. The van der Waals surface area contributed by atoms with Crippen molar-refractivity contribution < 1.29 is 14.0 Å². The highest BCUT2D eigenvalue weighted by Crippen LogP contribution is 2.31. The molecule has 0 spiro atoms. The molecular formula is C25H28N4O3. The molecule has 2 atom stereocenters. The fraction of sp³-hybridized carbons (Fsp3) is 0.440. The van der Waals surface area contributed by atoms with Gasteiger partial charge in [-0.15, -0.1) is 0 Å². The summed E-state index contributed by atoms with van der Waals surface area (Å²) in [5.41, 5.74) is 8.49. The Balaban J connectivity index is 1.24. The van der Waals surface area contributed by atoms with Crippen molar-refractivity contribution in [1.29, 1.82) is 0 Å². The Labute approximate surface area is 187 Å². The van der Waals surface area contributed by atoms with Gasteiger partial charge in [-0.05, 0) is 63.3 Å². The molecule has 1 aliphatic heterocycles. The van der Waals surface area contributed by atoms with Crippen LogP contribution in [0.15, 0.2) is 47.2 Å². The molecule has 3 aromatic rings. The van der Waals surface area contributed by atoms with Gasteiger partial charge < -0.3 is 24.3 Å². The van der Waals surface area contributed by atoms with Gasteiger partial charge in [-0.2, -0.15) is 0 Å². The molecule has 0 bridgehead atoms. The highest BCUT2D eigenvalue weighted by molar-refractivity contribution is 5.59. The molecule has 0 radical (unpaired) electrons. The summed E-state index contributed by atoms with van der Waals surface area (Å²) in [5.74, 6) is 7.86. The summed E-state index contributed by atoms with van der Waals surface area (Å²) in [6.07, 6.45) is 8.51. The third kappa shape index (κ3) is 4.94. The first-order valence-electron chi connectivity index (χ1n) is 11.2. The number of aromatic nitrogens is 3. The highest BCUT2D eigenvalue weighted by atomic mass is 16.7. The zero-order chi connectivity index (χ0) is 22.0. The Morgan fingerprint density at radius 2 is 2.12 bits per heavy atom. The van der Waals surface area contributed by atoms with Crippen LogP contribution in [0.4, 0.5) is 0 Å². The molecule has 2 aromatic heterocycles. The number of benzene rings is 1. The van der Waals surface area contributed by atoms with Crippen LogP contribution in [0.25, 0.3) is 11.3 Å². The van der Waals surface area contributed by atoms with Gasteiger partial charge in [0.2, 0.25) is 0 Å². The molecule has 3 heterocycles. The maximum Gasteiger partial charge on any atom is 0.167 e. The fourth-order valence-corrected chi connectivity index (χ4v) is 3.79. The van der Waals surface area contributed by atoms with Crippen LogP contribution in [0.1, 0.15) is 62.2 Å². The van der Waals surface area contributed by atoms with Gasteiger partial charge in [0.25, 0.3) is 0 Å². The first-order valence-corrected chi connectivity index (χ1v) is 11.2. The maximum atomic E-state index is 6.08. The van der Waals surface area contributed by atoms with E-state index in [-0.39, 0.29) is 17.9 Å². The van der Waals surface area contributed by atoms with Crippen LogP contribution in [0.2, 0.25) is 0 Å². The molecule has 166 valence electrons. The number of nitrogens with zero attached hydrogens (tertiary/aromatic N) is 3. The van der Waals surface area contributed by atoms with Crippen LogP contribution in [-0.4, -0.2) is 33.1 Å². The van der Waals surface area contributed by atoms with E-state index >= 15 is 0 Å². The Bertz CT molecular complexity index is 1110. The maximum absolute atomic E-state index is 6.08. The quantitative estimate of drug-likeness (QED) is 0.592. The summed E-state index contributed by atoms with van der Waals surface area (Å²) in [4.78, 5) is 4.49. The van der Waals surface area contributed by atoms with Crippen molar-refractivity contribution >= 4 is 0 Å². The van der Waals surface area contributed by atoms with Crippen molar-refractivity contribution in [2.75, 3.05) is 6.61 Å². The van der Waals surface area contributed by atoms with Crippen molar-refractivity contribution in [2.24, 2.45) is 5.73 Å². The van der Waals surface area contributed by atoms with Gasteiger partial charge in [-0.1, -0.05) is 17.0 Å². The molecule has 1 saturated heterocycles. The van der Waals surface area contributed by atoms with Gasteiger partial charge in [0.15, 0.2) is 12.1 Å². The minimum absolute atomic E-state index is 0.158. The average Bonchev–Trinajstić information content (AvgIpc) is 3.17. The number of imidazole rings is 1. The van der Waals surface area contributed by atoms with Crippen molar-refractivity contribution in [3.05, 3.63) is 59.8 Å². The summed E-state index contributed by atoms with van der Waals surface area (Å²) in [6.45, 7) is 3.32. The van der Waals surface area contributed by atoms with E-state index in [1.165, 1.54) is 0 Å². The molecule has 2 N–H and O–H groups in total. The zero-order valence-electron chi connectivity index (χ0n) is 18.3. The van der Waals surface area contributed by atoms with E-state index in [0.29, 0.717) is 6.54 Å². The summed E-state index contributed by atoms with van der Waals surface area (Å²) in [6, 6.07) is 9.91. The van der Waals surface area contributed by atoms with Gasteiger partial charge in [0.05, 0.1) is 12.1 Å². The Morgan fingerprint density at radius 3 is 2.88 bits per heavy atom. The van der Waals surface area contributed by atoms with Crippen LogP contribution in [-0.2, 0) is 16.0 Å². The van der Waals surface area contributed by atoms with Crippen LogP contribution in [0.3, 0.4) is 0 Å². The number of nitrogens with two attached hydrogens (primary N) is 1. The molecule has 7 heteroatoms. The predicted molar refractivity (Wildman–Crippen MR) is 119 cm³/mol. The lowest BCUT2D eigenvalue weighted by Gasteiger charge is -2.26. The average molecular weight is 433 g/mol. The van der Waals surface area contributed by atoms with Crippen molar-refractivity contribution in [2.45, 2.75) is 63.5 Å². The van der Waals surface area contributed by atoms with Gasteiger partial charge in [-0.25, -0.2) is 4.98 Å². The molecule has 1 aliphatic carbocycles. The summed E-state index contributed by atoms with van der Waals surface area (Å²) < 4.78 is 19.4. The second-order valence-corrected chi connectivity index (χ2v) is 8.65. The number of hydrogen-bond donors (Lipinski definition) is 1. The standard InChI is InChI=1S/C25H28N4O3/c1-18(31-23-4-2-3-15-30-23)24-27-13-14-29(24)17-21-16-22(32-28-21)20-7-5-19(6-8-20)9-10-25(26)11-12-25/h5-8,13-14,16,18,23H,2-4,11-12,15,17,26H2,1H3. The van der Waals surface area contributed by atoms with Gasteiger partial charge in [-0.3, -0.25) is 0 Å². The van der Waals surface area contributed by atoms with Crippen molar-refractivity contribution in [1.82, 2.24) is 14.7 Å². The Morgan fingerprint density at radius 1 is 1.28 bits per heavy atom. The largest absolute Gasteiger partial charge is 0.356 e. The number of hydrogen-bond acceptors (Lipinski definition) is 6. The fourth-order valence-electron chi connectivity index (χ4n) is 3.79. The molecule has 0 amide bonds. The SMILES string of the molecule is CC(OC1CCCCO1)c1nccn1Cc1cc(-c2ccc(C#CC3(N)CC3)cc2)on1. The monoisotopic (exact) mass is 432 g/mol. The normalized spacial score (nSPS) is 20.4. The molecule has 32 heavy (non-hydrogen) atoms. The van der Waals surface area contributed by atoms with E-state index in [1.807, 2.05) is 48.0 Å². The second-order valence-electron chi connectivity index (χ2n) is 8.65. The lowest BCUT2D eigenvalue weighted by Crippen LogP contribution is -2.24. The first-order chi connectivity index (χ1) is 15.6. The number of ether oxygens (including phenoxy) is 2. The van der Waals surface area contributed by atoms with E-state index in [2.05, 4.69) is 22.0 Å². The second kappa shape index (κ2) is 8.91. The minimum atomic E-state index is -0.267. The van der Waals surface area contributed by atoms with E-state index < -0.39 is 0 Å². The van der Waals surface area contributed by atoms with Gasteiger partial charge >= 0.3 is 0 Å². The van der Waals surface area contributed by atoms with Crippen molar-refractivity contribution in [3.63, 3.8) is 0 Å². The molecule has 2 fully saturated rings. The lowest BCUT2D eigenvalue weighted by molar-refractivity contribution is -0.188. The van der Waals surface area contributed by atoms with Crippen LogP contribution in [0, 0.1) is 11.8 Å². The molecular weight excluding hydrogens is 404 g/mol. The molecule has 1 saturated carbocycles. The van der Waals surface area contributed by atoms with E-state index in [1.54, 1.807) is 6.20 Å². The summed E-state index contributed by atoms with van der Waals surface area (Å²) >= 11 is 0. The van der Waals surface area contributed by atoms with Crippen LogP contribution >= 0.6 is 0 Å². The molecule has 5 rings (SSSR count). The summed E-state index contributed by atoms with van der Waals surface area (Å²) in [7, 11) is 0. The zero-order valence-corrected chi connectivity index (χ0v) is 18.3. The topological polar surface area (TPSA) is 88.3 Å². The van der Waals surface area contributed by atoms with Gasteiger partial charge in [0, 0.05) is 36.2 Å². The number of rotatable bonds is 6. The predicted octanol–water partition coefficient (Wildman–Crippen LogP) is 4.03. The lowest BCUT2D eigenvalue weighted by atomic mass is 10.1. The molecule has 1 aromatic carbocycles. The minimum Gasteiger partial charge on any atom is -0.356 e. The Hall–Kier alpha value is -2.92. The van der Waals surface area contributed by atoms with Gasteiger partial charge in [0.1, 0.15) is 17.6 Å². The van der Waals surface area contributed by atoms with Crippen molar-refractivity contribution in [3.8, 4) is 23.2 Å². The van der Waals surface area contributed by atoms with E-state index in [9.17, 15) is 0 Å². The highest BCUT2D eigenvalue weighted by Gasteiger charge is 2.36. The third-order valence-electron chi connectivity index (χ3n) is 5.91. The third-order valence-corrected chi connectivity index (χ3v) is 5.91. The van der Waals surface area contributed by atoms with Crippen LogP contribution in [0.5, 0.6) is 0 Å². The summed E-state index contributed by atoms with van der Waals surface area (Å²) in [5, 5.41) is 4.25. The van der Waals surface area contributed by atoms with E-state index in [0.717, 1.165) is 67.1 Å². The molecule has 7 nitrogen and oxygen atoms in total.